The third kappa shape index (κ3) is 3.06. The molecule has 0 fully saturated rings. The van der Waals surface area contributed by atoms with E-state index in [1.54, 1.807) is 0 Å². The lowest BCUT2D eigenvalue weighted by molar-refractivity contribution is 0.273. The molecule has 0 aliphatic heterocycles. The lowest BCUT2D eigenvalue weighted by Crippen LogP contribution is -2.38. The van der Waals surface area contributed by atoms with E-state index < -0.39 is 10.2 Å². The average molecular weight is 196 g/mol. The molecule has 0 aliphatic rings. The van der Waals surface area contributed by atoms with Crippen molar-refractivity contribution in [3.63, 3.8) is 0 Å². The molecule has 74 valence electrons. The van der Waals surface area contributed by atoms with E-state index in [0.717, 1.165) is 4.31 Å². The van der Waals surface area contributed by atoms with E-state index in [4.69, 9.17) is 5.11 Å². The molecule has 0 spiro atoms. The van der Waals surface area contributed by atoms with Gasteiger partial charge in [0.25, 0.3) is 10.2 Å². The first-order valence-electron chi connectivity index (χ1n) is 3.67. The van der Waals surface area contributed by atoms with Crippen molar-refractivity contribution in [1.82, 2.24) is 8.61 Å². The Balaban J connectivity index is 4.17. The second-order valence-corrected chi connectivity index (χ2v) is 4.94. The zero-order chi connectivity index (χ0) is 9.78. The molecule has 0 heterocycles. The maximum Gasteiger partial charge on any atom is 0.281 e. The molecule has 0 aromatic carbocycles. The topological polar surface area (TPSA) is 60.9 Å². The predicted octanol–water partition coefficient (Wildman–Crippen LogP) is -0.893. The second kappa shape index (κ2) is 4.76. The molecule has 0 atom stereocenters. The van der Waals surface area contributed by atoms with Gasteiger partial charge < -0.3 is 5.11 Å². The van der Waals surface area contributed by atoms with Gasteiger partial charge in [-0.15, -0.1) is 0 Å². The number of hydrogen-bond donors (Lipinski definition) is 1. The van der Waals surface area contributed by atoms with Crippen molar-refractivity contribution in [2.24, 2.45) is 0 Å². The Kier molecular flexibility index (Phi) is 4.69. The van der Waals surface area contributed by atoms with Gasteiger partial charge in [-0.2, -0.15) is 17.0 Å². The Morgan fingerprint density at radius 1 is 1.25 bits per heavy atom. The lowest BCUT2D eigenvalue weighted by atomic mass is 10.5. The first kappa shape index (κ1) is 11.8. The minimum absolute atomic E-state index is 0.00723. The molecule has 0 aromatic heterocycles. The van der Waals surface area contributed by atoms with E-state index in [1.165, 1.54) is 25.4 Å². The van der Waals surface area contributed by atoms with E-state index in [2.05, 4.69) is 0 Å². The van der Waals surface area contributed by atoms with Crippen LogP contribution >= 0.6 is 0 Å². The number of hydrogen-bond acceptors (Lipinski definition) is 3. The summed E-state index contributed by atoms with van der Waals surface area (Å²) in [6.45, 7) is 0.351. The van der Waals surface area contributed by atoms with Crippen LogP contribution in [0.3, 0.4) is 0 Å². The van der Waals surface area contributed by atoms with Gasteiger partial charge in [0, 0.05) is 34.3 Å². The molecule has 1 N–H and O–H groups in total. The number of aliphatic hydroxyl groups excluding tert-OH is 1. The standard InChI is InChI=1S/C6H16N2O3S/c1-7(2)12(10,11)8(3)5-4-6-9/h9H,4-6H2,1-3H3. The van der Waals surface area contributed by atoms with Crippen LogP contribution in [0, 0.1) is 0 Å². The molecule has 0 rings (SSSR count). The number of rotatable bonds is 5. The molecule has 5 nitrogen and oxygen atoms in total. The zero-order valence-corrected chi connectivity index (χ0v) is 8.50. The van der Waals surface area contributed by atoms with Crippen LogP contribution in [0.15, 0.2) is 0 Å². The Morgan fingerprint density at radius 2 is 1.75 bits per heavy atom. The summed E-state index contributed by atoms with van der Waals surface area (Å²) >= 11 is 0. The summed E-state index contributed by atoms with van der Waals surface area (Å²) in [5, 5.41) is 8.48. The molecule has 12 heavy (non-hydrogen) atoms. The maximum absolute atomic E-state index is 11.3. The zero-order valence-electron chi connectivity index (χ0n) is 7.69. The minimum atomic E-state index is -3.29. The molecule has 0 aliphatic carbocycles. The third-order valence-electron chi connectivity index (χ3n) is 1.49. The van der Waals surface area contributed by atoms with Gasteiger partial charge in [-0.05, 0) is 6.42 Å². The van der Waals surface area contributed by atoms with Gasteiger partial charge in [0.1, 0.15) is 0 Å². The molecule has 6 heteroatoms. The van der Waals surface area contributed by atoms with Crippen LogP contribution in [0.25, 0.3) is 0 Å². The first-order valence-corrected chi connectivity index (χ1v) is 5.07. The van der Waals surface area contributed by atoms with Crippen molar-refractivity contribution < 1.29 is 13.5 Å². The molecular formula is C6H16N2O3S. The molecule has 0 radical (unpaired) electrons. The van der Waals surface area contributed by atoms with E-state index in [1.807, 2.05) is 0 Å². The SMILES string of the molecule is CN(C)S(=O)(=O)N(C)CCCO. The summed E-state index contributed by atoms with van der Waals surface area (Å²) in [6, 6.07) is 0. The van der Waals surface area contributed by atoms with Crippen molar-refractivity contribution in [3.8, 4) is 0 Å². The second-order valence-electron chi connectivity index (χ2n) is 2.69. The molecule has 0 bridgehead atoms. The summed E-state index contributed by atoms with van der Waals surface area (Å²) < 4.78 is 25.0. The molecule has 0 saturated carbocycles. The molecule has 0 aromatic rings. The molecular weight excluding hydrogens is 180 g/mol. The van der Waals surface area contributed by atoms with Crippen LogP contribution in [0.1, 0.15) is 6.42 Å². The summed E-state index contributed by atoms with van der Waals surface area (Å²) in [5.41, 5.74) is 0. The van der Waals surface area contributed by atoms with Crippen LogP contribution in [0.2, 0.25) is 0 Å². The van der Waals surface area contributed by atoms with Crippen molar-refractivity contribution in [2.75, 3.05) is 34.3 Å². The third-order valence-corrected chi connectivity index (χ3v) is 3.38. The summed E-state index contributed by atoms with van der Waals surface area (Å²) in [4.78, 5) is 0. The fraction of sp³-hybridized carbons (Fsp3) is 1.00. The highest BCUT2D eigenvalue weighted by Gasteiger charge is 2.18. The van der Waals surface area contributed by atoms with E-state index in [-0.39, 0.29) is 6.61 Å². The Labute approximate surface area is 73.8 Å². The molecule has 0 saturated heterocycles. The van der Waals surface area contributed by atoms with Gasteiger partial charge in [-0.1, -0.05) is 0 Å². The van der Waals surface area contributed by atoms with Crippen molar-refractivity contribution in [3.05, 3.63) is 0 Å². The fourth-order valence-electron chi connectivity index (χ4n) is 0.688. The van der Waals surface area contributed by atoms with Crippen molar-refractivity contribution >= 4 is 10.2 Å². The van der Waals surface area contributed by atoms with E-state index >= 15 is 0 Å². The van der Waals surface area contributed by atoms with Gasteiger partial charge >= 0.3 is 0 Å². The van der Waals surface area contributed by atoms with Crippen molar-refractivity contribution in [1.29, 1.82) is 0 Å². The highest BCUT2D eigenvalue weighted by Crippen LogP contribution is 2.00. The number of aliphatic hydroxyl groups is 1. The van der Waals surface area contributed by atoms with Gasteiger partial charge in [0.05, 0.1) is 0 Å². The Hall–Kier alpha value is -0.170. The van der Waals surface area contributed by atoms with Crippen LogP contribution in [0.5, 0.6) is 0 Å². The first-order chi connectivity index (χ1) is 5.42. The number of nitrogens with zero attached hydrogens (tertiary/aromatic N) is 2. The molecule has 0 unspecified atom stereocenters. The van der Waals surface area contributed by atoms with E-state index in [0.29, 0.717) is 13.0 Å². The maximum atomic E-state index is 11.3. The molecule has 0 amide bonds. The Morgan fingerprint density at radius 3 is 2.08 bits per heavy atom. The largest absolute Gasteiger partial charge is 0.396 e. The van der Waals surface area contributed by atoms with Gasteiger partial charge in [0.2, 0.25) is 0 Å². The quantitative estimate of drug-likeness (QED) is 0.620. The highest BCUT2D eigenvalue weighted by molar-refractivity contribution is 7.86. The highest BCUT2D eigenvalue weighted by atomic mass is 32.2. The summed E-state index contributed by atoms with van der Waals surface area (Å²) in [6.07, 6.45) is 0.462. The minimum Gasteiger partial charge on any atom is -0.396 e. The van der Waals surface area contributed by atoms with Gasteiger partial charge in [-0.25, -0.2) is 0 Å². The van der Waals surface area contributed by atoms with Gasteiger partial charge in [0.15, 0.2) is 0 Å². The van der Waals surface area contributed by atoms with Crippen LogP contribution in [-0.4, -0.2) is 56.4 Å². The normalized spacial score (nSPS) is 12.8. The van der Waals surface area contributed by atoms with Crippen LogP contribution in [0.4, 0.5) is 0 Å². The van der Waals surface area contributed by atoms with Crippen LogP contribution < -0.4 is 0 Å². The van der Waals surface area contributed by atoms with E-state index in [9.17, 15) is 8.42 Å². The van der Waals surface area contributed by atoms with Gasteiger partial charge in [-0.3, -0.25) is 0 Å². The van der Waals surface area contributed by atoms with Crippen molar-refractivity contribution in [2.45, 2.75) is 6.42 Å². The Bertz CT molecular complexity index is 213. The summed E-state index contributed by atoms with van der Waals surface area (Å²) in [5.74, 6) is 0. The monoisotopic (exact) mass is 196 g/mol. The smallest absolute Gasteiger partial charge is 0.281 e. The lowest BCUT2D eigenvalue weighted by Gasteiger charge is -2.20. The summed E-state index contributed by atoms with van der Waals surface area (Å²) in [7, 11) is 1.15. The van der Waals surface area contributed by atoms with Crippen LogP contribution in [-0.2, 0) is 10.2 Å². The predicted molar refractivity (Wildman–Crippen MR) is 46.9 cm³/mol. The average Bonchev–Trinajstić information content (AvgIpc) is 1.99. The fourth-order valence-corrected chi connectivity index (χ4v) is 1.60.